The molecule has 66 valence electrons. The van der Waals surface area contributed by atoms with E-state index in [4.69, 9.17) is 11.6 Å². The van der Waals surface area contributed by atoms with Gasteiger partial charge in [-0.1, -0.05) is 11.6 Å². The SMILES string of the molecule is Cn1c(C=O)nc2ccnc(Cl)c21. The molecule has 0 unspecified atom stereocenters. The van der Waals surface area contributed by atoms with Crippen LogP contribution in [0, 0.1) is 0 Å². The molecule has 0 fully saturated rings. The molecule has 0 atom stereocenters. The minimum atomic E-state index is 0.352. The van der Waals surface area contributed by atoms with Gasteiger partial charge in [-0.25, -0.2) is 9.97 Å². The van der Waals surface area contributed by atoms with E-state index in [2.05, 4.69) is 9.97 Å². The van der Waals surface area contributed by atoms with Gasteiger partial charge in [0.15, 0.2) is 17.3 Å². The van der Waals surface area contributed by atoms with Crippen molar-refractivity contribution in [1.29, 1.82) is 0 Å². The number of nitrogens with zero attached hydrogens (tertiary/aromatic N) is 3. The normalized spacial score (nSPS) is 10.6. The lowest BCUT2D eigenvalue weighted by molar-refractivity contribution is 0.111. The van der Waals surface area contributed by atoms with Crippen molar-refractivity contribution in [1.82, 2.24) is 14.5 Å². The molecule has 0 radical (unpaired) electrons. The van der Waals surface area contributed by atoms with Crippen LogP contribution in [0.15, 0.2) is 12.3 Å². The Morgan fingerprint density at radius 3 is 3.00 bits per heavy atom. The molecule has 2 heterocycles. The van der Waals surface area contributed by atoms with Crippen LogP contribution in [0.1, 0.15) is 10.6 Å². The van der Waals surface area contributed by atoms with E-state index < -0.39 is 0 Å². The van der Waals surface area contributed by atoms with Crippen LogP contribution in [-0.2, 0) is 7.05 Å². The summed E-state index contributed by atoms with van der Waals surface area (Å²) >= 11 is 5.84. The largest absolute Gasteiger partial charge is 0.322 e. The lowest BCUT2D eigenvalue weighted by atomic mass is 10.4. The van der Waals surface area contributed by atoms with E-state index in [9.17, 15) is 4.79 Å². The lowest BCUT2D eigenvalue weighted by Gasteiger charge is -1.96. The fraction of sp³-hybridized carbons (Fsp3) is 0.125. The van der Waals surface area contributed by atoms with Crippen molar-refractivity contribution in [3.63, 3.8) is 0 Å². The molecule has 0 N–H and O–H groups in total. The molecule has 13 heavy (non-hydrogen) atoms. The second-order valence-electron chi connectivity index (χ2n) is 2.62. The zero-order valence-electron chi connectivity index (χ0n) is 6.86. The van der Waals surface area contributed by atoms with Gasteiger partial charge in [-0.3, -0.25) is 4.79 Å². The smallest absolute Gasteiger partial charge is 0.185 e. The van der Waals surface area contributed by atoms with Gasteiger partial charge in [-0.05, 0) is 6.07 Å². The summed E-state index contributed by atoms with van der Waals surface area (Å²) < 4.78 is 1.62. The molecule has 0 aliphatic rings. The molecule has 0 aliphatic heterocycles. The van der Waals surface area contributed by atoms with E-state index >= 15 is 0 Å². The van der Waals surface area contributed by atoms with Crippen LogP contribution in [0.5, 0.6) is 0 Å². The molecule has 0 spiro atoms. The highest BCUT2D eigenvalue weighted by Gasteiger charge is 2.09. The molecule has 0 saturated heterocycles. The van der Waals surface area contributed by atoms with Crippen molar-refractivity contribution in [2.45, 2.75) is 0 Å². The van der Waals surface area contributed by atoms with E-state index in [-0.39, 0.29) is 0 Å². The average molecular weight is 196 g/mol. The molecule has 5 heteroatoms. The summed E-state index contributed by atoms with van der Waals surface area (Å²) in [5.41, 5.74) is 1.37. The first-order chi connectivity index (χ1) is 6.24. The Labute approximate surface area is 79.2 Å². The molecule has 2 rings (SSSR count). The van der Waals surface area contributed by atoms with Crippen LogP contribution >= 0.6 is 11.6 Å². The van der Waals surface area contributed by atoms with Crippen molar-refractivity contribution >= 4 is 28.9 Å². The Hall–Kier alpha value is -1.42. The summed E-state index contributed by atoms with van der Waals surface area (Å²) in [7, 11) is 1.73. The minimum absolute atomic E-state index is 0.352. The highest BCUT2D eigenvalue weighted by atomic mass is 35.5. The molecule has 2 aromatic heterocycles. The maximum atomic E-state index is 10.6. The molecule has 0 aliphatic carbocycles. The molecule has 0 aromatic carbocycles. The molecular formula is C8H6ClN3O. The number of aromatic nitrogens is 3. The van der Waals surface area contributed by atoms with Gasteiger partial charge < -0.3 is 4.57 Å². The summed E-state index contributed by atoms with van der Waals surface area (Å²) in [6, 6.07) is 1.72. The van der Waals surface area contributed by atoms with Crippen LogP contribution in [0.25, 0.3) is 11.0 Å². The standard InChI is InChI=1S/C8H6ClN3O/c1-12-6(4-13)11-5-2-3-10-8(9)7(5)12/h2-4H,1H3. The third kappa shape index (κ3) is 1.10. The highest BCUT2D eigenvalue weighted by molar-refractivity contribution is 6.33. The Kier molecular flexibility index (Phi) is 1.77. The first-order valence-corrected chi connectivity index (χ1v) is 4.04. The third-order valence-corrected chi connectivity index (χ3v) is 2.15. The monoisotopic (exact) mass is 195 g/mol. The molecule has 0 saturated carbocycles. The van der Waals surface area contributed by atoms with Gasteiger partial charge >= 0.3 is 0 Å². The number of hydrogen-bond donors (Lipinski definition) is 0. The predicted molar refractivity (Wildman–Crippen MR) is 48.9 cm³/mol. The summed E-state index contributed by atoms with van der Waals surface area (Å²) in [6.07, 6.45) is 2.25. The number of fused-ring (bicyclic) bond motifs is 1. The number of hydrogen-bond acceptors (Lipinski definition) is 3. The first-order valence-electron chi connectivity index (χ1n) is 3.66. The highest BCUT2D eigenvalue weighted by Crippen LogP contribution is 2.20. The van der Waals surface area contributed by atoms with Gasteiger partial charge in [0, 0.05) is 13.2 Å². The minimum Gasteiger partial charge on any atom is -0.322 e. The number of aldehydes is 1. The summed E-state index contributed by atoms with van der Waals surface area (Å²) in [5, 5.41) is 0.362. The van der Waals surface area contributed by atoms with Gasteiger partial charge in [0.05, 0.1) is 5.52 Å². The Balaban J connectivity index is 2.92. The number of rotatable bonds is 1. The van der Waals surface area contributed by atoms with E-state index in [1.165, 1.54) is 0 Å². The van der Waals surface area contributed by atoms with E-state index in [1.807, 2.05) is 0 Å². The van der Waals surface area contributed by atoms with Crippen LogP contribution < -0.4 is 0 Å². The predicted octanol–water partition coefficient (Wildman–Crippen LogP) is 1.43. The van der Waals surface area contributed by atoms with Crippen molar-refractivity contribution in [2.24, 2.45) is 7.05 Å². The van der Waals surface area contributed by atoms with Gasteiger partial charge in [-0.2, -0.15) is 0 Å². The zero-order chi connectivity index (χ0) is 9.42. The van der Waals surface area contributed by atoms with Crippen LogP contribution in [0.3, 0.4) is 0 Å². The summed E-state index contributed by atoms with van der Waals surface area (Å²) in [5.74, 6) is 0.352. The molecule has 0 amide bonds. The van der Waals surface area contributed by atoms with Crippen molar-refractivity contribution in [2.75, 3.05) is 0 Å². The van der Waals surface area contributed by atoms with Crippen molar-refractivity contribution < 1.29 is 4.79 Å². The second-order valence-corrected chi connectivity index (χ2v) is 2.97. The molecule has 2 aromatic rings. The Bertz CT molecular complexity index is 477. The second kappa shape index (κ2) is 2.81. The van der Waals surface area contributed by atoms with Crippen LogP contribution in [0.4, 0.5) is 0 Å². The third-order valence-electron chi connectivity index (χ3n) is 1.88. The van der Waals surface area contributed by atoms with Gasteiger partial charge in [0.1, 0.15) is 5.52 Å². The van der Waals surface area contributed by atoms with Crippen LogP contribution in [0.2, 0.25) is 5.15 Å². The van der Waals surface area contributed by atoms with E-state index in [0.717, 1.165) is 0 Å². The zero-order valence-corrected chi connectivity index (χ0v) is 7.62. The maximum absolute atomic E-state index is 10.6. The Morgan fingerprint density at radius 2 is 2.38 bits per heavy atom. The molecule has 0 bridgehead atoms. The quantitative estimate of drug-likeness (QED) is 0.511. The van der Waals surface area contributed by atoms with Crippen molar-refractivity contribution in [3.8, 4) is 0 Å². The number of carbonyl (C=O) groups is 1. The van der Waals surface area contributed by atoms with Gasteiger partial charge in [0.2, 0.25) is 0 Å². The summed E-state index contributed by atoms with van der Waals surface area (Å²) in [6.45, 7) is 0. The lowest BCUT2D eigenvalue weighted by Crippen LogP contribution is -1.95. The van der Waals surface area contributed by atoms with Gasteiger partial charge in [-0.15, -0.1) is 0 Å². The number of imidazole rings is 1. The topological polar surface area (TPSA) is 47.8 Å². The van der Waals surface area contributed by atoms with Gasteiger partial charge in [0.25, 0.3) is 0 Å². The first kappa shape index (κ1) is 8.19. The van der Waals surface area contributed by atoms with Crippen molar-refractivity contribution in [3.05, 3.63) is 23.2 Å². The van der Waals surface area contributed by atoms with E-state index in [1.54, 1.807) is 23.9 Å². The maximum Gasteiger partial charge on any atom is 0.185 e. The Morgan fingerprint density at radius 1 is 1.62 bits per heavy atom. The number of pyridine rings is 1. The fourth-order valence-corrected chi connectivity index (χ4v) is 1.52. The molecular weight excluding hydrogens is 190 g/mol. The number of aryl methyl sites for hydroxylation is 1. The van der Waals surface area contributed by atoms with Crippen LogP contribution in [-0.4, -0.2) is 20.8 Å². The average Bonchev–Trinajstić information content (AvgIpc) is 2.44. The number of halogens is 1. The fourth-order valence-electron chi connectivity index (χ4n) is 1.24. The molecule has 4 nitrogen and oxygen atoms in total. The summed E-state index contributed by atoms with van der Waals surface area (Å²) in [4.78, 5) is 18.5. The number of carbonyl (C=O) groups excluding carboxylic acids is 1. The van der Waals surface area contributed by atoms with E-state index in [0.29, 0.717) is 28.3 Å².